The highest BCUT2D eigenvalue weighted by Crippen LogP contribution is 2.17. The maximum Gasteiger partial charge on any atom is 0.230 e. The standard InChI is InChI=1S/C16H16N4O2S/c1-22-12-6-4-11(5-7-12)9-18-14(21)10-23-16-19-13-3-2-8-17-15(13)20-16/h2-8H,9-10H2,1H3,(H,18,21)(H,17,19,20). The molecule has 2 aromatic heterocycles. The van der Waals surface area contributed by atoms with Crippen LogP contribution in [0.3, 0.4) is 0 Å². The molecule has 7 heteroatoms. The van der Waals surface area contributed by atoms with E-state index in [1.807, 2.05) is 36.4 Å². The number of H-pyrrole nitrogens is 1. The van der Waals surface area contributed by atoms with E-state index in [2.05, 4.69) is 20.3 Å². The molecule has 118 valence electrons. The maximum absolute atomic E-state index is 11.9. The fourth-order valence-corrected chi connectivity index (χ4v) is 2.72. The molecular weight excluding hydrogens is 312 g/mol. The van der Waals surface area contributed by atoms with Crippen LogP contribution in [0.25, 0.3) is 11.2 Å². The van der Waals surface area contributed by atoms with Gasteiger partial charge in [-0.25, -0.2) is 9.97 Å². The smallest absolute Gasteiger partial charge is 0.230 e. The lowest BCUT2D eigenvalue weighted by atomic mass is 10.2. The molecule has 1 amide bonds. The molecule has 1 aromatic carbocycles. The number of rotatable bonds is 6. The van der Waals surface area contributed by atoms with Crippen LogP contribution in [-0.4, -0.2) is 33.7 Å². The molecule has 0 aliphatic heterocycles. The van der Waals surface area contributed by atoms with Crippen LogP contribution in [0.4, 0.5) is 0 Å². The molecular formula is C16H16N4O2S. The van der Waals surface area contributed by atoms with E-state index in [1.54, 1.807) is 13.3 Å². The molecule has 2 heterocycles. The van der Waals surface area contributed by atoms with Gasteiger partial charge in [0.25, 0.3) is 0 Å². The van der Waals surface area contributed by atoms with Crippen molar-refractivity contribution in [2.45, 2.75) is 11.7 Å². The van der Waals surface area contributed by atoms with Gasteiger partial charge in [-0.1, -0.05) is 23.9 Å². The first-order chi connectivity index (χ1) is 11.2. The lowest BCUT2D eigenvalue weighted by Crippen LogP contribution is -2.24. The van der Waals surface area contributed by atoms with Gasteiger partial charge >= 0.3 is 0 Å². The summed E-state index contributed by atoms with van der Waals surface area (Å²) in [6, 6.07) is 11.4. The van der Waals surface area contributed by atoms with Crippen LogP contribution in [0.1, 0.15) is 5.56 Å². The highest BCUT2D eigenvalue weighted by molar-refractivity contribution is 7.99. The molecule has 0 atom stereocenters. The van der Waals surface area contributed by atoms with Gasteiger partial charge in [-0.2, -0.15) is 0 Å². The summed E-state index contributed by atoms with van der Waals surface area (Å²) >= 11 is 1.36. The minimum Gasteiger partial charge on any atom is -0.497 e. The molecule has 0 unspecified atom stereocenters. The van der Waals surface area contributed by atoms with Crippen LogP contribution >= 0.6 is 11.8 Å². The molecule has 0 spiro atoms. The Morgan fingerprint density at radius 2 is 2.13 bits per heavy atom. The number of aromatic nitrogens is 3. The van der Waals surface area contributed by atoms with Crippen molar-refractivity contribution in [2.24, 2.45) is 0 Å². The SMILES string of the molecule is COc1ccc(CNC(=O)CSc2nc3ncccc3[nH]2)cc1. The lowest BCUT2D eigenvalue weighted by molar-refractivity contribution is -0.118. The molecule has 0 saturated carbocycles. The third kappa shape index (κ3) is 4.01. The first kappa shape index (κ1) is 15.4. The van der Waals surface area contributed by atoms with Crippen LogP contribution in [-0.2, 0) is 11.3 Å². The Labute approximate surface area is 137 Å². The van der Waals surface area contributed by atoms with Crippen LogP contribution in [0, 0.1) is 0 Å². The van der Waals surface area contributed by atoms with Gasteiger partial charge in [0, 0.05) is 12.7 Å². The van der Waals surface area contributed by atoms with Gasteiger partial charge in [0.2, 0.25) is 5.91 Å². The molecule has 2 N–H and O–H groups in total. The number of carbonyl (C=O) groups is 1. The summed E-state index contributed by atoms with van der Waals surface area (Å²) in [5, 5.41) is 3.58. The van der Waals surface area contributed by atoms with Crippen molar-refractivity contribution in [2.75, 3.05) is 12.9 Å². The van der Waals surface area contributed by atoms with E-state index in [0.717, 1.165) is 16.8 Å². The number of hydrogen-bond acceptors (Lipinski definition) is 5. The van der Waals surface area contributed by atoms with E-state index in [9.17, 15) is 4.79 Å². The number of methoxy groups -OCH3 is 1. The summed E-state index contributed by atoms with van der Waals surface area (Å²) in [6.07, 6.45) is 1.69. The van der Waals surface area contributed by atoms with Crippen LogP contribution in [0.15, 0.2) is 47.8 Å². The number of thioether (sulfide) groups is 1. The Bertz CT molecular complexity index is 768. The van der Waals surface area contributed by atoms with Crippen molar-refractivity contribution in [3.63, 3.8) is 0 Å². The zero-order valence-corrected chi connectivity index (χ0v) is 13.4. The number of fused-ring (bicyclic) bond motifs is 1. The molecule has 0 bridgehead atoms. The van der Waals surface area contributed by atoms with Crippen LogP contribution in [0.5, 0.6) is 5.75 Å². The Kier molecular flexibility index (Phi) is 4.77. The number of nitrogens with zero attached hydrogens (tertiary/aromatic N) is 2. The summed E-state index contributed by atoms with van der Waals surface area (Å²) in [6.45, 7) is 0.491. The van der Waals surface area contributed by atoms with Crippen molar-refractivity contribution in [1.29, 1.82) is 0 Å². The first-order valence-electron chi connectivity index (χ1n) is 7.08. The number of ether oxygens (including phenoxy) is 1. The van der Waals surface area contributed by atoms with Gasteiger partial charge in [-0.3, -0.25) is 4.79 Å². The van der Waals surface area contributed by atoms with Gasteiger partial charge < -0.3 is 15.0 Å². The average molecular weight is 328 g/mol. The van der Waals surface area contributed by atoms with Crippen LogP contribution < -0.4 is 10.1 Å². The zero-order chi connectivity index (χ0) is 16.1. The number of aromatic amines is 1. The van der Waals surface area contributed by atoms with E-state index >= 15 is 0 Å². The number of nitrogens with one attached hydrogen (secondary N) is 2. The molecule has 0 aliphatic carbocycles. The number of pyridine rings is 1. The maximum atomic E-state index is 11.9. The molecule has 0 fully saturated rings. The largest absolute Gasteiger partial charge is 0.497 e. The Balaban J connectivity index is 1.49. The summed E-state index contributed by atoms with van der Waals surface area (Å²) in [5.41, 5.74) is 2.55. The van der Waals surface area contributed by atoms with Gasteiger partial charge in [0.15, 0.2) is 10.8 Å². The lowest BCUT2D eigenvalue weighted by Gasteiger charge is -2.05. The van der Waals surface area contributed by atoms with E-state index in [0.29, 0.717) is 23.1 Å². The second kappa shape index (κ2) is 7.15. The first-order valence-corrected chi connectivity index (χ1v) is 8.06. The van der Waals surface area contributed by atoms with E-state index in [1.165, 1.54) is 11.8 Å². The van der Waals surface area contributed by atoms with E-state index in [-0.39, 0.29) is 5.91 Å². The van der Waals surface area contributed by atoms with Gasteiger partial charge in [0.05, 0.1) is 18.4 Å². The van der Waals surface area contributed by atoms with Crippen molar-refractivity contribution >= 4 is 28.8 Å². The second-order valence-electron chi connectivity index (χ2n) is 4.83. The topological polar surface area (TPSA) is 79.9 Å². The third-order valence-corrected chi connectivity index (χ3v) is 4.10. The fraction of sp³-hybridized carbons (Fsp3) is 0.188. The monoisotopic (exact) mass is 328 g/mol. The number of amides is 1. The Hall–Kier alpha value is -2.54. The molecule has 3 aromatic rings. The van der Waals surface area contributed by atoms with Gasteiger partial charge in [-0.15, -0.1) is 0 Å². The molecule has 0 radical (unpaired) electrons. The Morgan fingerprint density at radius 1 is 1.30 bits per heavy atom. The molecule has 0 aliphatic rings. The van der Waals surface area contributed by atoms with E-state index < -0.39 is 0 Å². The van der Waals surface area contributed by atoms with Gasteiger partial charge in [0.1, 0.15) is 5.75 Å². The predicted molar refractivity (Wildman–Crippen MR) is 89.5 cm³/mol. The molecule has 3 rings (SSSR count). The molecule has 0 saturated heterocycles. The summed E-state index contributed by atoms with van der Waals surface area (Å²) in [4.78, 5) is 23.5. The van der Waals surface area contributed by atoms with Crippen molar-refractivity contribution in [3.8, 4) is 5.75 Å². The molecule has 23 heavy (non-hydrogen) atoms. The second-order valence-corrected chi connectivity index (χ2v) is 5.79. The minimum atomic E-state index is -0.0424. The summed E-state index contributed by atoms with van der Waals surface area (Å²) < 4.78 is 5.10. The van der Waals surface area contributed by atoms with E-state index in [4.69, 9.17) is 4.74 Å². The van der Waals surface area contributed by atoms with Crippen molar-refractivity contribution < 1.29 is 9.53 Å². The quantitative estimate of drug-likeness (QED) is 0.679. The number of carbonyl (C=O) groups excluding carboxylic acids is 1. The zero-order valence-electron chi connectivity index (χ0n) is 12.6. The highest BCUT2D eigenvalue weighted by Gasteiger charge is 2.07. The average Bonchev–Trinajstić information content (AvgIpc) is 3.01. The van der Waals surface area contributed by atoms with Crippen LogP contribution in [0.2, 0.25) is 0 Å². The minimum absolute atomic E-state index is 0.0424. The van der Waals surface area contributed by atoms with Gasteiger partial charge in [-0.05, 0) is 29.8 Å². The number of benzene rings is 1. The predicted octanol–water partition coefficient (Wildman–Crippen LogP) is 2.38. The fourth-order valence-electron chi connectivity index (χ4n) is 2.02. The summed E-state index contributed by atoms with van der Waals surface area (Å²) in [7, 11) is 1.63. The Morgan fingerprint density at radius 3 is 2.87 bits per heavy atom. The highest BCUT2D eigenvalue weighted by atomic mass is 32.2. The molecule has 6 nitrogen and oxygen atoms in total. The van der Waals surface area contributed by atoms with Crippen molar-refractivity contribution in [3.05, 3.63) is 48.2 Å². The number of hydrogen-bond donors (Lipinski definition) is 2. The number of imidazole rings is 1. The third-order valence-electron chi connectivity index (χ3n) is 3.22. The summed E-state index contributed by atoms with van der Waals surface area (Å²) in [5.74, 6) is 1.06. The normalized spacial score (nSPS) is 10.7. The van der Waals surface area contributed by atoms with Crippen molar-refractivity contribution in [1.82, 2.24) is 20.3 Å².